The number of carbonyl (C=O) groups excluding carboxylic acids is 1. The molecule has 1 unspecified atom stereocenters. The van der Waals surface area contributed by atoms with Gasteiger partial charge in [0, 0.05) is 25.2 Å². The van der Waals surface area contributed by atoms with Crippen LogP contribution < -0.4 is 5.32 Å². The zero-order valence-corrected chi connectivity index (χ0v) is 15.4. The molecule has 0 aromatic carbocycles. The van der Waals surface area contributed by atoms with E-state index >= 15 is 0 Å². The molecule has 2 aromatic rings. The van der Waals surface area contributed by atoms with Gasteiger partial charge >= 0.3 is 0 Å². The van der Waals surface area contributed by atoms with Gasteiger partial charge < -0.3 is 5.32 Å². The number of carbonyl (C=O) groups is 1. The van der Waals surface area contributed by atoms with Gasteiger partial charge in [-0.1, -0.05) is 18.6 Å². The smallest absolute Gasteiger partial charge is 0.252 e. The molecule has 6 nitrogen and oxygen atoms in total. The van der Waals surface area contributed by atoms with Crippen molar-refractivity contribution >= 4 is 27.3 Å². The minimum Gasteiger partial charge on any atom is -0.350 e. The second kappa shape index (κ2) is 8.07. The van der Waals surface area contributed by atoms with Gasteiger partial charge in [-0.05, 0) is 36.4 Å². The minimum atomic E-state index is -3.52. The molecule has 25 heavy (non-hydrogen) atoms. The monoisotopic (exact) mass is 379 g/mol. The molecule has 0 aliphatic carbocycles. The third-order valence-electron chi connectivity index (χ3n) is 4.25. The van der Waals surface area contributed by atoms with Crippen molar-refractivity contribution in [2.75, 3.05) is 6.54 Å². The topological polar surface area (TPSA) is 79.4 Å². The Hall–Kier alpha value is -1.77. The Balaban J connectivity index is 1.64. The summed E-state index contributed by atoms with van der Waals surface area (Å²) in [5, 5.41) is 4.59. The molecule has 134 valence electrons. The molecule has 0 radical (unpaired) electrons. The zero-order chi connectivity index (χ0) is 17.7. The Bertz CT molecular complexity index is 792. The quantitative estimate of drug-likeness (QED) is 0.836. The number of thiophene rings is 1. The van der Waals surface area contributed by atoms with Crippen molar-refractivity contribution in [3.8, 4) is 0 Å². The predicted octanol–water partition coefficient (Wildman–Crippen LogP) is 2.39. The number of pyridine rings is 1. The van der Waals surface area contributed by atoms with E-state index in [4.69, 9.17) is 0 Å². The highest BCUT2D eigenvalue weighted by atomic mass is 32.2. The number of nitrogens with zero attached hydrogens (tertiary/aromatic N) is 2. The van der Waals surface area contributed by atoms with Crippen LogP contribution in [-0.4, -0.2) is 36.2 Å². The van der Waals surface area contributed by atoms with E-state index in [2.05, 4.69) is 10.3 Å². The fourth-order valence-electron chi connectivity index (χ4n) is 3.00. The molecule has 1 N–H and O–H groups in total. The lowest BCUT2D eigenvalue weighted by Crippen LogP contribution is -2.45. The van der Waals surface area contributed by atoms with Gasteiger partial charge in [-0.3, -0.25) is 9.78 Å². The molecule has 1 fully saturated rings. The lowest BCUT2D eigenvalue weighted by Gasteiger charge is -2.33. The van der Waals surface area contributed by atoms with Gasteiger partial charge in [0.2, 0.25) is 5.91 Å². The summed E-state index contributed by atoms with van der Waals surface area (Å²) in [6.07, 6.45) is 4.34. The number of piperidine rings is 1. The van der Waals surface area contributed by atoms with Crippen LogP contribution in [0.4, 0.5) is 0 Å². The van der Waals surface area contributed by atoms with E-state index in [0.717, 1.165) is 18.5 Å². The van der Waals surface area contributed by atoms with Crippen molar-refractivity contribution in [3.63, 3.8) is 0 Å². The number of hydrogen-bond acceptors (Lipinski definition) is 5. The summed E-state index contributed by atoms with van der Waals surface area (Å²) in [6.45, 7) is 0.822. The van der Waals surface area contributed by atoms with E-state index in [1.807, 2.05) is 18.2 Å². The second-order valence-electron chi connectivity index (χ2n) is 6.00. The number of aromatic nitrogens is 1. The molecule has 1 aliphatic rings. The third kappa shape index (κ3) is 4.45. The summed E-state index contributed by atoms with van der Waals surface area (Å²) in [5.74, 6) is -0.149. The van der Waals surface area contributed by atoms with Crippen LogP contribution >= 0.6 is 11.3 Å². The minimum absolute atomic E-state index is 0.149. The van der Waals surface area contributed by atoms with E-state index in [0.29, 0.717) is 23.7 Å². The molecule has 3 rings (SSSR count). The van der Waals surface area contributed by atoms with Crippen LogP contribution in [0, 0.1) is 0 Å². The summed E-state index contributed by atoms with van der Waals surface area (Å²) in [4.78, 5) is 16.5. The summed E-state index contributed by atoms with van der Waals surface area (Å²) < 4.78 is 27.5. The standard InChI is InChI=1S/C17H21N3O3S2/c21-16(19-13-14-6-1-3-9-18-14)12-15-7-2-4-10-20(15)25(22,23)17-8-5-11-24-17/h1,3,5-6,8-9,11,15H,2,4,7,10,12-13H2,(H,19,21). The van der Waals surface area contributed by atoms with Gasteiger partial charge in [-0.25, -0.2) is 8.42 Å². The molecule has 0 bridgehead atoms. The molecule has 1 atom stereocenters. The molecule has 3 heterocycles. The highest BCUT2D eigenvalue weighted by molar-refractivity contribution is 7.91. The van der Waals surface area contributed by atoms with Gasteiger partial charge in [-0.15, -0.1) is 11.3 Å². The Morgan fingerprint density at radius 2 is 2.16 bits per heavy atom. The van der Waals surface area contributed by atoms with Crippen LogP contribution in [0.2, 0.25) is 0 Å². The van der Waals surface area contributed by atoms with Crippen molar-refractivity contribution < 1.29 is 13.2 Å². The van der Waals surface area contributed by atoms with Crippen LogP contribution in [0.5, 0.6) is 0 Å². The SMILES string of the molecule is O=C(CC1CCCCN1S(=O)(=O)c1cccs1)NCc1ccccn1. The first-order valence-electron chi connectivity index (χ1n) is 8.29. The summed E-state index contributed by atoms with van der Waals surface area (Å²) in [7, 11) is -3.52. The molecule has 0 saturated carbocycles. The van der Waals surface area contributed by atoms with Gasteiger partial charge in [0.25, 0.3) is 10.0 Å². The molecule has 1 aliphatic heterocycles. The van der Waals surface area contributed by atoms with Crippen LogP contribution in [-0.2, 0) is 21.4 Å². The first-order chi connectivity index (χ1) is 12.1. The molecule has 0 spiro atoms. The maximum absolute atomic E-state index is 12.8. The fourth-order valence-corrected chi connectivity index (χ4v) is 5.81. The maximum Gasteiger partial charge on any atom is 0.252 e. The molecular weight excluding hydrogens is 358 g/mol. The Morgan fingerprint density at radius 1 is 1.28 bits per heavy atom. The normalized spacial score (nSPS) is 18.8. The zero-order valence-electron chi connectivity index (χ0n) is 13.8. The number of amides is 1. The van der Waals surface area contributed by atoms with Crippen molar-refractivity contribution in [1.82, 2.24) is 14.6 Å². The number of hydrogen-bond donors (Lipinski definition) is 1. The van der Waals surface area contributed by atoms with Crippen molar-refractivity contribution in [1.29, 1.82) is 0 Å². The maximum atomic E-state index is 12.8. The molecule has 1 saturated heterocycles. The molecule has 2 aromatic heterocycles. The lowest BCUT2D eigenvalue weighted by atomic mass is 10.0. The average Bonchev–Trinajstić information content (AvgIpc) is 3.17. The summed E-state index contributed by atoms with van der Waals surface area (Å²) in [5.41, 5.74) is 0.780. The molecule has 8 heteroatoms. The second-order valence-corrected chi connectivity index (χ2v) is 9.06. The van der Waals surface area contributed by atoms with E-state index in [1.54, 1.807) is 23.7 Å². The Kier molecular flexibility index (Phi) is 5.82. The summed E-state index contributed by atoms with van der Waals surface area (Å²) >= 11 is 1.21. The Labute approximate surface area is 151 Å². The molecule has 1 amide bonds. The van der Waals surface area contributed by atoms with Crippen molar-refractivity contribution in [3.05, 3.63) is 47.6 Å². The van der Waals surface area contributed by atoms with Gasteiger partial charge in [0.1, 0.15) is 4.21 Å². The summed E-state index contributed by atoms with van der Waals surface area (Å²) in [6, 6.07) is 8.59. The number of sulfonamides is 1. The Morgan fingerprint density at radius 3 is 2.88 bits per heavy atom. The van der Waals surface area contributed by atoms with Crippen LogP contribution in [0.15, 0.2) is 46.1 Å². The predicted molar refractivity (Wildman–Crippen MR) is 96.6 cm³/mol. The number of nitrogens with one attached hydrogen (secondary N) is 1. The molecular formula is C17H21N3O3S2. The van der Waals surface area contributed by atoms with E-state index < -0.39 is 10.0 Å². The van der Waals surface area contributed by atoms with Gasteiger partial charge in [-0.2, -0.15) is 4.31 Å². The number of rotatable bonds is 6. The van der Waals surface area contributed by atoms with Gasteiger partial charge in [0.05, 0.1) is 12.2 Å². The highest BCUT2D eigenvalue weighted by Crippen LogP contribution is 2.29. The third-order valence-corrected chi connectivity index (χ3v) is 7.57. The van der Waals surface area contributed by atoms with Crippen LogP contribution in [0.3, 0.4) is 0 Å². The average molecular weight is 380 g/mol. The first kappa shape index (κ1) is 18.0. The van der Waals surface area contributed by atoms with E-state index in [1.165, 1.54) is 15.6 Å². The van der Waals surface area contributed by atoms with Crippen LogP contribution in [0.1, 0.15) is 31.4 Å². The van der Waals surface area contributed by atoms with E-state index in [-0.39, 0.29) is 18.4 Å². The largest absolute Gasteiger partial charge is 0.350 e. The van der Waals surface area contributed by atoms with Crippen molar-refractivity contribution in [2.24, 2.45) is 0 Å². The van der Waals surface area contributed by atoms with Crippen molar-refractivity contribution in [2.45, 2.75) is 42.5 Å². The van der Waals surface area contributed by atoms with Crippen LogP contribution in [0.25, 0.3) is 0 Å². The highest BCUT2D eigenvalue weighted by Gasteiger charge is 2.35. The van der Waals surface area contributed by atoms with Gasteiger partial charge in [0.15, 0.2) is 0 Å². The van der Waals surface area contributed by atoms with E-state index in [9.17, 15) is 13.2 Å². The fraction of sp³-hybridized carbons (Fsp3) is 0.412. The first-order valence-corrected chi connectivity index (χ1v) is 10.6. The lowest BCUT2D eigenvalue weighted by molar-refractivity contribution is -0.122.